The third-order valence-electron chi connectivity index (χ3n) is 4.21. The summed E-state index contributed by atoms with van der Waals surface area (Å²) < 4.78 is 14.0. The zero-order valence-corrected chi connectivity index (χ0v) is 13.6. The van der Waals surface area contributed by atoms with E-state index in [-0.39, 0.29) is 5.82 Å². The van der Waals surface area contributed by atoms with Gasteiger partial charge in [0, 0.05) is 12.1 Å². The molecule has 2 rings (SSSR count). The van der Waals surface area contributed by atoms with Crippen LogP contribution in [0.4, 0.5) is 4.39 Å². The summed E-state index contributed by atoms with van der Waals surface area (Å²) >= 11 is 6.17. The topological polar surface area (TPSA) is 12.0 Å². The van der Waals surface area contributed by atoms with Crippen LogP contribution in [0.3, 0.4) is 0 Å². The number of nitrogens with one attached hydrogen (secondary N) is 1. The summed E-state index contributed by atoms with van der Waals surface area (Å²) in [6, 6.07) is 4.90. The first-order valence-corrected chi connectivity index (χ1v) is 8.45. The minimum Gasteiger partial charge on any atom is -0.313 e. The normalized spacial score (nSPS) is 17.2. The Balaban J connectivity index is 2.22. The number of rotatable bonds is 6. The lowest BCUT2D eigenvalue weighted by Crippen LogP contribution is -2.23. The van der Waals surface area contributed by atoms with Gasteiger partial charge in [-0.1, -0.05) is 49.4 Å². The maximum Gasteiger partial charge on any atom is 0.131 e. The van der Waals surface area contributed by atoms with Gasteiger partial charge in [-0.15, -0.1) is 0 Å². The first-order valence-electron chi connectivity index (χ1n) is 8.07. The van der Waals surface area contributed by atoms with Crippen LogP contribution in [0.2, 0.25) is 5.02 Å². The van der Waals surface area contributed by atoms with Gasteiger partial charge in [0.1, 0.15) is 5.82 Å². The van der Waals surface area contributed by atoms with Crippen LogP contribution >= 0.6 is 11.6 Å². The second-order valence-corrected chi connectivity index (χ2v) is 6.27. The molecule has 0 bridgehead atoms. The Morgan fingerprint density at radius 3 is 2.76 bits per heavy atom. The minimum atomic E-state index is -0.230. The molecule has 0 heterocycles. The van der Waals surface area contributed by atoms with Crippen molar-refractivity contribution in [2.75, 3.05) is 13.1 Å². The molecule has 1 aliphatic carbocycles. The van der Waals surface area contributed by atoms with Crippen molar-refractivity contribution in [1.29, 1.82) is 0 Å². The molecule has 116 valence electrons. The summed E-state index contributed by atoms with van der Waals surface area (Å²) in [5.41, 5.74) is 1.84. The predicted octanol–water partition coefficient (Wildman–Crippen LogP) is 5.44. The molecule has 1 aliphatic rings. The van der Waals surface area contributed by atoms with Gasteiger partial charge in [0.2, 0.25) is 0 Å². The van der Waals surface area contributed by atoms with Crippen molar-refractivity contribution in [2.45, 2.75) is 45.4 Å². The molecule has 1 aromatic carbocycles. The summed E-state index contributed by atoms with van der Waals surface area (Å²) in [6.45, 7) is 3.99. The van der Waals surface area contributed by atoms with Gasteiger partial charge in [-0.05, 0) is 49.9 Å². The Labute approximate surface area is 132 Å². The molecular formula is C18H25ClFN. The van der Waals surface area contributed by atoms with E-state index >= 15 is 0 Å². The van der Waals surface area contributed by atoms with Gasteiger partial charge in [0.25, 0.3) is 0 Å². The first kappa shape index (κ1) is 16.5. The quantitative estimate of drug-likeness (QED) is 0.690. The summed E-state index contributed by atoms with van der Waals surface area (Å²) in [4.78, 5) is 0. The Bertz CT molecular complexity index is 458. The molecule has 21 heavy (non-hydrogen) atoms. The maximum absolute atomic E-state index is 14.0. The monoisotopic (exact) mass is 309 g/mol. The molecule has 0 saturated heterocycles. The van der Waals surface area contributed by atoms with Crippen LogP contribution in [-0.4, -0.2) is 13.1 Å². The summed E-state index contributed by atoms with van der Waals surface area (Å²) in [5.74, 6) is 0.338. The third kappa shape index (κ3) is 4.82. The van der Waals surface area contributed by atoms with E-state index in [1.54, 1.807) is 12.1 Å². The van der Waals surface area contributed by atoms with Crippen LogP contribution in [0.15, 0.2) is 23.8 Å². The van der Waals surface area contributed by atoms with E-state index in [0.717, 1.165) is 19.5 Å². The van der Waals surface area contributed by atoms with Gasteiger partial charge in [-0.25, -0.2) is 4.39 Å². The average molecular weight is 310 g/mol. The summed E-state index contributed by atoms with van der Waals surface area (Å²) in [6.07, 6.45) is 9.40. The Hall–Kier alpha value is -0.860. The number of benzene rings is 1. The largest absolute Gasteiger partial charge is 0.313 e. The fraction of sp³-hybridized carbons (Fsp3) is 0.556. The maximum atomic E-state index is 14.0. The predicted molar refractivity (Wildman–Crippen MR) is 89.1 cm³/mol. The lowest BCUT2D eigenvalue weighted by molar-refractivity contribution is 0.396. The molecule has 0 aliphatic heterocycles. The van der Waals surface area contributed by atoms with Gasteiger partial charge in [0.15, 0.2) is 0 Å². The van der Waals surface area contributed by atoms with Crippen LogP contribution < -0.4 is 5.32 Å². The Morgan fingerprint density at radius 1 is 1.33 bits per heavy atom. The molecule has 0 unspecified atom stereocenters. The van der Waals surface area contributed by atoms with Crippen LogP contribution in [0.25, 0.3) is 6.08 Å². The van der Waals surface area contributed by atoms with Crippen molar-refractivity contribution in [3.63, 3.8) is 0 Å². The van der Waals surface area contributed by atoms with E-state index in [1.165, 1.54) is 43.7 Å². The highest BCUT2D eigenvalue weighted by atomic mass is 35.5. The van der Waals surface area contributed by atoms with E-state index in [0.29, 0.717) is 16.5 Å². The minimum absolute atomic E-state index is 0.230. The summed E-state index contributed by atoms with van der Waals surface area (Å²) in [5, 5.41) is 3.96. The van der Waals surface area contributed by atoms with E-state index in [2.05, 4.69) is 12.2 Å². The smallest absolute Gasteiger partial charge is 0.131 e. The second kappa shape index (κ2) is 8.55. The molecule has 1 aromatic rings. The van der Waals surface area contributed by atoms with E-state index in [9.17, 15) is 4.39 Å². The molecule has 0 atom stereocenters. The Kier molecular flexibility index (Phi) is 6.72. The first-order chi connectivity index (χ1) is 10.2. The SMILES string of the molecule is CCCNC/C(=C/c1c(F)cccc1Cl)C1CCCCC1. The van der Waals surface area contributed by atoms with E-state index in [1.807, 2.05) is 6.08 Å². The van der Waals surface area contributed by atoms with Crippen molar-refractivity contribution in [1.82, 2.24) is 5.32 Å². The molecule has 1 fully saturated rings. The van der Waals surface area contributed by atoms with Crippen LogP contribution in [0.5, 0.6) is 0 Å². The van der Waals surface area contributed by atoms with Crippen LogP contribution in [0.1, 0.15) is 51.0 Å². The Morgan fingerprint density at radius 2 is 2.10 bits per heavy atom. The van der Waals surface area contributed by atoms with Crippen LogP contribution in [0, 0.1) is 11.7 Å². The van der Waals surface area contributed by atoms with Crippen molar-refractivity contribution in [3.8, 4) is 0 Å². The molecular weight excluding hydrogens is 285 g/mol. The van der Waals surface area contributed by atoms with Gasteiger partial charge < -0.3 is 5.32 Å². The van der Waals surface area contributed by atoms with Crippen molar-refractivity contribution in [2.24, 2.45) is 5.92 Å². The lowest BCUT2D eigenvalue weighted by atomic mass is 9.83. The van der Waals surface area contributed by atoms with Gasteiger partial charge in [-0.2, -0.15) is 0 Å². The van der Waals surface area contributed by atoms with E-state index < -0.39 is 0 Å². The van der Waals surface area contributed by atoms with Crippen LogP contribution in [-0.2, 0) is 0 Å². The molecule has 0 aromatic heterocycles. The van der Waals surface area contributed by atoms with Gasteiger partial charge in [-0.3, -0.25) is 0 Å². The molecule has 0 radical (unpaired) electrons. The average Bonchev–Trinajstić information content (AvgIpc) is 2.50. The fourth-order valence-electron chi connectivity index (χ4n) is 3.03. The lowest BCUT2D eigenvalue weighted by Gasteiger charge is -2.25. The zero-order valence-electron chi connectivity index (χ0n) is 12.8. The summed E-state index contributed by atoms with van der Waals surface area (Å²) in [7, 11) is 0. The molecule has 1 saturated carbocycles. The second-order valence-electron chi connectivity index (χ2n) is 5.87. The molecule has 0 amide bonds. The molecule has 0 spiro atoms. The molecule has 3 heteroatoms. The van der Waals surface area contributed by atoms with Gasteiger partial charge in [0.05, 0.1) is 5.02 Å². The van der Waals surface area contributed by atoms with Crippen molar-refractivity contribution < 1.29 is 4.39 Å². The third-order valence-corrected chi connectivity index (χ3v) is 4.54. The molecule has 1 nitrogen and oxygen atoms in total. The highest BCUT2D eigenvalue weighted by molar-refractivity contribution is 6.32. The van der Waals surface area contributed by atoms with Crippen molar-refractivity contribution >= 4 is 17.7 Å². The van der Waals surface area contributed by atoms with Gasteiger partial charge >= 0.3 is 0 Å². The zero-order chi connectivity index (χ0) is 15.1. The number of hydrogen-bond acceptors (Lipinski definition) is 1. The number of hydrogen-bond donors (Lipinski definition) is 1. The highest BCUT2D eigenvalue weighted by Gasteiger charge is 2.18. The van der Waals surface area contributed by atoms with E-state index in [4.69, 9.17) is 11.6 Å². The number of halogens is 2. The molecule has 1 N–H and O–H groups in total. The standard InChI is InChI=1S/C18H25ClFN/c1-2-11-21-13-15(14-7-4-3-5-8-14)12-16-17(19)9-6-10-18(16)20/h6,9-10,12,14,21H,2-5,7-8,11,13H2,1H3/b15-12-. The fourth-order valence-corrected chi connectivity index (χ4v) is 3.25. The van der Waals surface area contributed by atoms with Crippen molar-refractivity contribution in [3.05, 3.63) is 40.2 Å². The highest BCUT2D eigenvalue weighted by Crippen LogP contribution is 2.32.